The molecule has 0 bridgehead atoms. The first-order valence-corrected chi connectivity index (χ1v) is 10.1. The summed E-state index contributed by atoms with van der Waals surface area (Å²) in [5, 5.41) is 2.83. The quantitative estimate of drug-likeness (QED) is 0.564. The fourth-order valence-electron chi connectivity index (χ4n) is 3.30. The summed E-state index contributed by atoms with van der Waals surface area (Å²) in [4.78, 5) is 28.3. The summed E-state index contributed by atoms with van der Waals surface area (Å²) in [5.41, 5.74) is 2.91. The monoisotopic (exact) mass is 405 g/mol. The van der Waals surface area contributed by atoms with Crippen LogP contribution in [0.2, 0.25) is 0 Å². The van der Waals surface area contributed by atoms with Crippen LogP contribution in [0.25, 0.3) is 0 Å². The lowest BCUT2D eigenvalue weighted by Gasteiger charge is -2.31. The molecule has 1 N–H and O–H groups in total. The van der Waals surface area contributed by atoms with Crippen molar-refractivity contribution in [2.75, 3.05) is 25.0 Å². The number of nitrogens with one attached hydrogen (secondary N) is 1. The third-order valence-corrected chi connectivity index (χ3v) is 4.86. The number of anilines is 1. The average Bonchev–Trinajstić information content (AvgIpc) is 2.73. The number of amides is 2. The second kappa shape index (κ2) is 11.7. The summed E-state index contributed by atoms with van der Waals surface area (Å²) in [6.45, 7) is 12.9. The van der Waals surface area contributed by atoms with Gasteiger partial charge in [0.05, 0.1) is 6.54 Å². The van der Waals surface area contributed by atoms with Crippen molar-refractivity contribution in [1.82, 2.24) is 9.80 Å². The zero-order valence-electron chi connectivity index (χ0n) is 17.9. The minimum Gasteiger partial charge on any atom is -0.334 e. The van der Waals surface area contributed by atoms with E-state index >= 15 is 0 Å². The van der Waals surface area contributed by atoms with Crippen LogP contribution >= 0.6 is 0 Å². The third kappa shape index (κ3) is 7.01. The first kappa shape index (κ1) is 23.1. The molecular weight excluding hydrogens is 374 g/mol. The molecule has 2 rings (SSSR count). The molecule has 30 heavy (non-hydrogen) atoms. The van der Waals surface area contributed by atoms with Gasteiger partial charge in [0.25, 0.3) is 0 Å². The van der Waals surface area contributed by atoms with Gasteiger partial charge >= 0.3 is 0 Å². The number of rotatable bonds is 11. The SMILES string of the molecule is C=CCN(CC=C)C(=O)CN(Cc1ccccc1)[C@H](C)c1cccc(NC(C)=O)c1. The van der Waals surface area contributed by atoms with Gasteiger partial charge in [0.15, 0.2) is 0 Å². The summed E-state index contributed by atoms with van der Waals surface area (Å²) < 4.78 is 0. The van der Waals surface area contributed by atoms with Crippen molar-refractivity contribution in [3.63, 3.8) is 0 Å². The van der Waals surface area contributed by atoms with Gasteiger partial charge in [0, 0.05) is 38.3 Å². The lowest BCUT2D eigenvalue weighted by molar-refractivity contribution is -0.132. The van der Waals surface area contributed by atoms with Crippen molar-refractivity contribution in [1.29, 1.82) is 0 Å². The van der Waals surface area contributed by atoms with E-state index < -0.39 is 0 Å². The molecule has 0 radical (unpaired) electrons. The Bertz CT molecular complexity index is 854. The van der Waals surface area contributed by atoms with Crippen LogP contribution in [0.4, 0.5) is 5.69 Å². The van der Waals surface area contributed by atoms with Gasteiger partial charge in [-0.05, 0) is 30.2 Å². The Hall–Kier alpha value is -3.18. The van der Waals surface area contributed by atoms with E-state index in [-0.39, 0.29) is 24.4 Å². The molecule has 0 spiro atoms. The van der Waals surface area contributed by atoms with Gasteiger partial charge in [0.2, 0.25) is 11.8 Å². The maximum Gasteiger partial charge on any atom is 0.237 e. The summed E-state index contributed by atoms with van der Waals surface area (Å²) in [7, 11) is 0. The summed E-state index contributed by atoms with van der Waals surface area (Å²) in [6.07, 6.45) is 3.45. The highest BCUT2D eigenvalue weighted by atomic mass is 16.2. The van der Waals surface area contributed by atoms with E-state index in [0.717, 1.165) is 16.8 Å². The molecule has 0 saturated carbocycles. The number of carbonyl (C=O) groups is 2. The first-order chi connectivity index (χ1) is 14.4. The Balaban J connectivity index is 2.28. The van der Waals surface area contributed by atoms with Crippen LogP contribution in [-0.4, -0.2) is 41.2 Å². The Morgan fingerprint density at radius 1 is 1.03 bits per heavy atom. The van der Waals surface area contributed by atoms with Gasteiger partial charge in [-0.15, -0.1) is 13.2 Å². The lowest BCUT2D eigenvalue weighted by Crippen LogP contribution is -2.41. The second-order valence-electron chi connectivity index (χ2n) is 7.25. The molecule has 5 nitrogen and oxygen atoms in total. The van der Waals surface area contributed by atoms with E-state index in [1.165, 1.54) is 6.92 Å². The normalized spacial score (nSPS) is 11.6. The smallest absolute Gasteiger partial charge is 0.237 e. The van der Waals surface area contributed by atoms with Gasteiger partial charge in [-0.1, -0.05) is 54.6 Å². The Labute approximate surface area is 179 Å². The number of hydrogen-bond acceptors (Lipinski definition) is 3. The van der Waals surface area contributed by atoms with Gasteiger partial charge in [-0.2, -0.15) is 0 Å². The van der Waals surface area contributed by atoms with Crippen molar-refractivity contribution in [3.8, 4) is 0 Å². The zero-order chi connectivity index (χ0) is 21.9. The van der Waals surface area contributed by atoms with Crippen LogP contribution in [0.15, 0.2) is 79.9 Å². The topological polar surface area (TPSA) is 52.7 Å². The molecule has 2 aromatic carbocycles. The highest BCUT2D eigenvalue weighted by Crippen LogP contribution is 2.25. The zero-order valence-corrected chi connectivity index (χ0v) is 17.9. The van der Waals surface area contributed by atoms with E-state index in [9.17, 15) is 9.59 Å². The maximum atomic E-state index is 13.0. The van der Waals surface area contributed by atoms with E-state index in [0.29, 0.717) is 19.6 Å². The van der Waals surface area contributed by atoms with Crippen LogP contribution in [-0.2, 0) is 16.1 Å². The third-order valence-electron chi connectivity index (χ3n) is 4.86. The molecule has 0 aliphatic carbocycles. The first-order valence-electron chi connectivity index (χ1n) is 10.1. The molecule has 0 saturated heterocycles. The molecule has 0 unspecified atom stereocenters. The number of hydrogen-bond donors (Lipinski definition) is 1. The fraction of sp³-hybridized carbons (Fsp3) is 0.280. The molecule has 0 fully saturated rings. The van der Waals surface area contributed by atoms with E-state index in [2.05, 4.69) is 42.4 Å². The number of benzene rings is 2. The summed E-state index contributed by atoms with van der Waals surface area (Å²) >= 11 is 0. The molecule has 2 aromatic rings. The van der Waals surface area contributed by atoms with Gasteiger partial charge in [-0.3, -0.25) is 14.5 Å². The maximum absolute atomic E-state index is 13.0. The van der Waals surface area contributed by atoms with Gasteiger partial charge in [-0.25, -0.2) is 0 Å². The lowest BCUT2D eigenvalue weighted by atomic mass is 10.0. The van der Waals surface area contributed by atoms with Crippen LogP contribution in [0.1, 0.15) is 31.0 Å². The van der Waals surface area contributed by atoms with E-state index in [4.69, 9.17) is 0 Å². The predicted molar refractivity (Wildman–Crippen MR) is 123 cm³/mol. The van der Waals surface area contributed by atoms with Crippen LogP contribution in [0, 0.1) is 0 Å². The molecule has 5 heteroatoms. The molecule has 0 aromatic heterocycles. The standard InChI is InChI=1S/C25H31N3O2/c1-5-15-27(16-6-2)25(30)19-28(18-22-11-8-7-9-12-22)20(3)23-13-10-14-24(17-23)26-21(4)29/h5-14,17,20H,1-2,15-16,18-19H2,3-4H3,(H,26,29)/t20-/m1/s1. The predicted octanol–water partition coefficient (Wildman–Crippen LogP) is 4.41. The second-order valence-corrected chi connectivity index (χ2v) is 7.25. The minimum absolute atomic E-state index is 0.0237. The van der Waals surface area contributed by atoms with Crippen LogP contribution < -0.4 is 5.32 Å². The molecule has 0 heterocycles. The fourth-order valence-corrected chi connectivity index (χ4v) is 3.30. The van der Waals surface area contributed by atoms with Crippen LogP contribution in [0.3, 0.4) is 0 Å². The molecule has 158 valence electrons. The van der Waals surface area contributed by atoms with E-state index in [1.54, 1.807) is 17.1 Å². The Morgan fingerprint density at radius 3 is 2.30 bits per heavy atom. The van der Waals surface area contributed by atoms with E-state index in [1.807, 2.05) is 42.5 Å². The number of nitrogens with zero attached hydrogens (tertiary/aromatic N) is 2. The van der Waals surface area contributed by atoms with Gasteiger partial charge < -0.3 is 10.2 Å². The molecule has 0 aliphatic heterocycles. The minimum atomic E-state index is -0.111. The Kier molecular flexibility index (Phi) is 9.03. The van der Waals surface area contributed by atoms with Crippen molar-refractivity contribution in [2.45, 2.75) is 26.4 Å². The van der Waals surface area contributed by atoms with Crippen molar-refractivity contribution < 1.29 is 9.59 Å². The highest BCUT2D eigenvalue weighted by Gasteiger charge is 2.22. The molecule has 1 atom stereocenters. The van der Waals surface area contributed by atoms with Crippen molar-refractivity contribution >= 4 is 17.5 Å². The van der Waals surface area contributed by atoms with Crippen molar-refractivity contribution in [3.05, 3.63) is 91.0 Å². The summed E-state index contributed by atoms with van der Waals surface area (Å²) in [6, 6.07) is 17.8. The summed E-state index contributed by atoms with van der Waals surface area (Å²) in [5.74, 6) is -0.0868. The molecule has 0 aliphatic rings. The van der Waals surface area contributed by atoms with Gasteiger partial charge in [0.1, 0.15) is 0 Å². The molecular formula is C25H31N3O2. The number of carbonyl (C=O) groups excluding carboxylic acids is 2. The average molecular weight is 406 g/mol. The Morgan fingerprint density at radius 2 is 1.70 bits per heavy atom. The largest absolute Gasteiger partial charge is 0.334 e. The van der Waals surface area contributed by atoms with Crippen LogP contribution in [0.5, 0.6) is 0 Å². The molecule has 2 amide bonds. The highest BCUT2D eigenvalue weighted by molar-refractivity contribution is 5.88. The van der Waals surface area contributed by atoms with Crippen molar-refractivity contribution in [2.24, 2.45) is 0 Å².